The Balaban J connectivity index is 1.86. The summed E-state index contributed by atoms with van der Waals surface area (Å²) in [5.74, 6) is -3.88. The second kappa shape index (κ2) is 6.98. The topological polar surface area (TPSA) is 90.0 Å². The van der Waals surface area contributed by atoms with Crippen molar-refractivity contribution in [1.29, 1.82) is 0 Å². The van der Waals surface area contributed by atoms with E-state index in [0.717, 1.165) is 15.0 Å². The maximum Gasteiger partial charge on any atom is 0.277 e. The maximum atomic E-state index is 13.1. The molecule has 0 radical (unpaired) electrons. The van der Waals surface area contributed by atoms with E-state index in [1.165, 1.54) is 29.0 Å². The molecular weight excluding hydrogens is 370 g/mol. The minimum atomic E-state index is -3.18. The standard InChI is InChI=1S/C15H14F2N4O2S2/c16-15(17,6-18)7-19-11(22)4-21-8-20-13-12(14(21)23)9(5-25-13)10-2-1-3-24-10/h1-3,5,8H,4,6-7,18H2,(H,19,22). The Morgan fingerprint density at radius 1 is 1.40 bits per heavy atom. The molecule has 0 aliphatic carbocycles. The van der Waals surface area contributed by atoms with Gasteiger partial charge in [-0.1, -0.05) is 6.07 Å². The third-order valence-corrected chi connectivity index (χ3v) is 5.29. The molecule has 3 aromatic heterocycles. The normalized spacial score (nSPS) is 11.8. The molecule has 25 heavy (non-hydrogen) atoms. The third-order valence-electron chi connectivity index (χ3n) is 3.50. The molecule has 0 aromatic carbocycles. The third kappa shape index (κ3) is 3.75. The number of carbonyl (C=O) groups is 1. The van der Waals surface area contributed by atoms with E-state index in [1.54, 1.807) is 0 Å². The summed E-state index contributed by atoms with van der Waals surface area (Å²) in [5.41, 5.74) is 5.30. The van der Waals surface area contributed by atoms with E-state index >= 15 is 0 Å². The van der Waals surface area contributed by atoms with Gasteiger partial charge in [0.05, 0.1) is 24.8 Å². The molecule has 0 unspecified atom stereocenters. The van der Waals surface area contributed by atoms with Crippen LogP contribution in [0.25, 0.3) is 20.7 Å². The highest BCUT2D eigenvalue weighted by Gasteiger charge is 2.27. The van der Waals surface area contributed by atoms with Crippen LogP contribution in [0.4, 0.5) is 8.78 Å². The lowest BCUT2D eigenvalue weighted by Crippen LogP contribution is -2.43. The summed E-state index contributed by atoms with van der Waals surface area (Å²) in [5, 5.41) is 6.25. The second-order valence-corrected chi connectivity index (χ2v) is 7.13. The monoisotopic (exact) mass is 384 g/mol. The van der Waals surface area contributed by atoms with Gasteiger partial charge in [-0.2, -0.15) is 0 Å². The number of hydrogen-bond donors (Lipinski definition) is 2. The first kappa shape index (κ1) is 17.6. The fourth-order valence-corrected chi connectivity index (χ4v) is 3.92. The van der Waals surface area contributed by atoms with Gasteiger partial charge in [0.1, 0.15) is 11.4 Å². The van der Waals surface area contributed by atoms with E-state index in [2.05, 4.69) is 10.3 Å². The lowest BCUT2D eigenvalue weighted by Gasteiger charge is -2.14. The van der Waals surface area contributed by atoms with Crippen molar-refractivity contribution >= 4 is 38.8 Å². The Bertz CT molecular complexity index is 950. The van der Waals surface area contributed by atoms with Crippen molar-refractivity contribution in [3.05, 3.63) is 39.6 Å². The summed E-state index contributed by atoms with van der Waals surface area (Å²) in [7, 11) is 0. The van der Waals surface area contributed by atoms with Gasteiger partial charge >= 0.3 is 0 Å². The van der Waals surface area contributed by atoms with Crippen LogP contribution in [0.2, 0.25) is 0 Å². The molecule has 0 saturated heterocycles. The summed E-state index contributed by atoms with van der Waals surface area (Å²) in [4.78, 5) is 30.2. The van der Waals surface area contributed by atoms with Gasteiger partial charge in [0, 0.05) is 15.8 Å². The predicted molar refractivity (Wildman–Crippen MR) is 94.2 cm³/mol. The number of fused-ring (bicyclic) bond motifs is 1. The first-order valence-corrected chi connectivity index (χ1v) is 9.02. The molecule has 132 valence electrons. The van der Waals surface area contributed by atoms with Crippen molar-refractivity contribution in [3.63, 3.8) is 0 Å². The lowest BCUT2D eigenvalue weighted by molar-refractivity contribution is -0.123. The molecule has 0 atom stereocenters. The van der Waals surface area contributed by atoms with E-state index in [9.17, 15) is 18.4 Å². The molecule has 0 aliphatic rings. The van der Waals surface area contributed by atoms with Crippen LogP contribution in [-0.2, 0) is 11.3 Å². The number of nitrogens with two attached hydrogens (primary N) is 1. The van der Waals surface area contributed by atoms with E-state index in [-0.39, 0.29) is 12.1 Å². The summed E-state index contributed by atoms with van der Waals surface area (Å²) in [6, 6.07) is 3.77. The van der Waals surface area contributed by atoms with Gasteiger partial charge < -0.3 is 11.1 Å². The van der Waals surface area contributed by atoms with Crippen LogP contribution in [0.1, 0.15) is 0 Å². The highest BCUT2D eigenvalue weighted by molar-refractivity contribution is 7.18. The molecule has 3 N–H and O–H groups in total. The first-order valence-electron chi connectivity index (χ1n) is 7.26. The largest absolute Gasteiger partial charge is 0.348 e. The minimum Gasteiger partial charge on any atom is -0.348 e. The number of nitrogens with zero attached hydrogens (tertiary/aromatic N) is 2. The molecule has 1 amide bonds. The first-order chi connectivity index (χ1) is 11.9. The lowest BCUT2D eigenvalue weighted by atomic mass is 10.2. The molecule has 3 heterocycles. The number of thiophene rings is 2. The summed E-state index contributed by atoms with van der Waals surface area (Å²) in [6.07, 6.45) is 1.25. The fourth-order valence-electron chi connectivity index (χ4n) is 2.20. The van der Waals surface area contributed by atoms with Crippen molar-refractivity contribution in [2.45, 2.75) is 12.5 Å². The van der Waals surface area contributed by atoms with Crippen LogP contribution < -0.4 is 16.6 Å². The van der Waals surface area contributed by atoms with Crippen molar-refractivity contribution in [1.82, 2.24) is 14.9 Å². The second-order valence-electron chi connectivity index (χ2n) is 5.32. The van der Waals surface area contributed by atoms with Crippen LogP contribution in [0.15, 0.2) is 34.0 Å². The van der Waals surface area contributed by atoms with Gasteiger partial charge in [-0.3, -0.25) is 14.2 Å². The predicted octanol–water partition coefficient (Wildman–Crippen LogP) is 1.90. The molecule has 0 aliphatic heterocycles. The van der Waals surface area contributed by atoms with Gasteiger partial charge in [0.25, 0.3) is 11.5 Å². The highest BCUT2D eigenvalue weighted by atomic mass is 32.1. The van der Waals surface area contributed by atoms with Crippen molar-refractivity contribution < 1.29 is 13.6 Å². The highest BCUT2D eigenvalue weighted by Crippen LogP contribution is 2.33. The summed E-state index contributed by atoms with van der Waals surface area (Å²) >= 11 is 2.83. The average Bonchev–Trinajstić information content (AvgIpc) is 3.24. The Hall–Kier alpha value is -2.17. The number of amides is 1. The Labute approximate surface area is 148 Å². The number of aromatic nitrogens is 2. The molecular formula is C15H14F2N4O2S2. The molecule has 0 saturated carbocycles. The maximum absolute atomic E-state index is 13.1. The van der Waals surface area contributed by atoms with Crippen molar-refractivity contribution in [2.24, 2.45) is 5.73 Å². The number of halogens is 2. The average molecular weight is 384 g/mol. The van der Waals surface area contributed by atoms with Crippen LogP contribution in [0.5, 0.6) is 0 Å². The molecule has 6 nitrogen and oxygen atoms in total. The Kier molecular flexibility index (Phi) is 4.93. The van der Waals surface area contributed by atoms with E-state index in [0.29, 0.717) is 10.2 Å². The molecule has 10 heteroatoms. The molecule has 0 spiro atoms. The molecule has 3 rings (SSSR count). The minimum absolute atomic E-state index is 0.379. The van der Waals surface area contributed by atoms with Crippen LogP contribution >= 0.6 is 22.7 Å². The van der Waals surface area contributed by atoms with Crippen LogP contribution in [0.3, 0.4) is 0 Å². The number of nitrogens with one attached hydrogen (secondary N) is 1. The van der Waals surface area contributed by atoms with E-state index < -0.39 is 24.9 Å². The molecule has 3 aromatic rings. The zero-order chi connectivity index (χ0) is 18.0. The molecule has 0 bridgehead atoms. The zero-order valence-electron chi connectivity index (χ0n) is 12.9. The Morgan fingerprint density at radius 2 is 2.20 bits per heavy atom. The van der Waals surface area contributed by atoms with Gasteiger partial charge in [-0.15, -0.1) is 22.7 Å². The fraction of sp³-hybridized carbons (Fsp3) is 0.267. The van der Waals surface area contributed by atoms with E-state index in [4.69, 9.17) is 5.73 Å². The number of carbonyl (C=O) groups excluding carboxylic acids is 1. The SMILES string of the molecule is NCC(F)(F)CNC(=O)Cn1cnc2scc(-c3cccs3)c2c1=O. The Morgan fingerprint density at radius 3 is 2.88 bits per heavy atom. The van der Waals surface area contributed by atoms with Crippen LogP contribution in [-0.4, -0.2) is 34.5 Å². The van der Waals surface area contributed by atoms with Gasteiger partial charge in [0.15, 0.2) is 0 Å². The summed E-state index contributed by atoms with van der Waals surface area (Å²) < 4.78 is 27.3. The smallest absolute Gasteiger partial charge is 0.277 e. The van der Waals surface area contributed by atoms with Gasteiger partial charge in [0.2, 0.25) is 5.91 Å². The quantitative estimate of drug-likeness (QED) is 0.679. The van der Waals surface area contributed by atoms with Gasteiger partial charge in [-0.25, -0.2) is 13.8 Å². The van der Waals surface area contributed by atoms with Crippen LogP contribution in [0, 0.1) is 0 Å². The van der Waals surface area contributed by atoms with E-state index in [1.807, 2.05) is 22.9 Å². The van der Waals surface area contributed by atoms with Crippen molar-refractivity contribution in [2.75, 3.05) is 13.1 Å². The van der Waals surface area contributed by atoms with Crippen molar-refractivity contribution in [3.8, 4) is 10.4 Å². The number of hydrogen-bond acceptors (Lipinski definition) is 6. The molecule has 0 fully saturated rings. The number of rotatable bonds is 6. The number of alkyl halides is 2. The van der Waals surface area contributed by atoms with Gasteiger partial charge in [-0.05, 0) is 11.4 Å². The zero-order valence-corrected chi connectivity index (χ0v) is 14.5. The summed E-state index contributed by atoms with van der Waals surface area (Å²) in [6.45, 7) is -2.12.